The molecule has 11 heteroatoms. The standard InChI is InChI=1S/C25H30F4N2O5/c1-3-4-5-23(32)36-30-24(25(27,28)29)17-6-8-19(21(26)14-17)20-15-18(31-10-12-34-13-11-31)7-9-22(20)35-16-33-2/h6-9,14-15,24,30H,3-5,10-13,16H2,1-2H3. The van der Waals surface area contributed by atoms with Gasteiger partial charge in [0.1, 0.15) is 11.6 Å². The highest BCUT2D eigenvalue weighted by Gasteiger charge is 2.42. The smallest absolute Gasteiger partial charge is 0.411 e. The van der Waals surface area contributed by atoms with Gasteiger partial charge in [-0.25, -0.2) is 4.39 Å². The Labute approximate surface area is 207 Å². The lowest BCUT2D eigenvalue weighted by molar-refractivity contribution is -0.192. The van der Waals surface area contributed by atoms with Crippen LogP contribution in [0.4, 0.5) is 23.2 Å². The molecule has 2 aromatic carbocycles. The first-order valence-corrected chi connectivity index (χ1v) is 11.6. The van der Waals surface area contributed by atoms with Crippen molar-refractivity contribution in [1.82, 2.24) is 5.48 Å². The fraction of sp³-hybridized carbons (Fsp3) is 0.480. The van der Waals surface area contributed by atoms with Crippen LogP contribution in [-0.4, -0.2) is 52.4 Å². The van der Waals surface area contributed by atoms with E-state index in [9.17, 15) is 18.0 Å². The summed E-state index contributed by atoms with van der Waals surface area (Å²) < 4.78 is 72.3. The van der Waals surface area contributed by atoms with Crippen molar-refractivity contribution in [2.45, 2.75) is 38.4 Å². The van der Waals surface area contributed by atoms with Crippen LogP contribution in [0, 0.1) is 5.82 Å². The van der Waals surface area contributed by atoms with Crippen LogP contribution in [-0.2, 0) is 19.1 Å². The number of unbranched alkanes of at least 4 members (excludes halogenated alkanes) is 1. The van der Waals surface area contributed by atoms with Gasteiger partial charge in [-0.2, -0.15) is 13.2 Å². The van der Waals surface area contributed by atoms with Crippen LogP contribution in [0.5, 0.6) is 5.75 Å². The largest absolute Gasteiger partial charge is 0.467 e. The normalized spacial score (nSPS) is 15.0. The van der Waals surface area contributed by atoms with E-state index in [-0.39, 0.29) is 18.8 Å². The molecule has 1 atom stereocenters. The maximum Gasteiger partial charge on any atom is 0.411 e. The molecule has 1 aliphatic rings. The molecule has 1 aliphatic heterocycles. The SMILES string of the molecule is CCCCC(=O)ONC(c1ccc(-c2cc(N3CCOCC3)ccc2OCOC)c(F)c1)C(F)(F)F. The third-order valence-corrected chi connectivity index (χ3v) is 5.64. The number of methoxy groups -OCH3 is 1. The van der Waals surface area contributed by atoms with Gasteiger partial charge in [-0.1, -0.05) is 25.5 Å². The molecule has 1 N–H and O–H groups in total. The van der Waals surface area contributed by atoms with E-state index in [4.69, 9.17) is 14.2 Å². The van der Waals surface area contributed by atoms with Crippen LogP contribution in [0.15, 0.2) is 36.4 Å². The first-order chi connectivity index (χ1) is 17.2. The van der Waals surface area contributed by atoms with E-state index in [0.29, 0.717) is 50.5 Å². The molecule has 7 nitrogen and oxygen atoms in total. The van der Waals surface area contributed by atoms with Gasteiger partial charge in [0.15, 0.2) is 12.8 Å². The number of anilines is 1. The van der Waals surface area contributed by atoms with Crippen molar-refractivity contribution in [3.05, 3.63) is 47.8 Å². The molecule has 3 rings (SSSR count). The summed E-state index contributed by atoms with van der Waals surface area (Å²) in [4.78, 5) is 18.4. The van der Waals surface area contributed by atoms with Crippen LogP contribution in [0.1, 0.15) is 37.8 Å². The summed E-state index contributed by atoms with van der Waals surface area (Å²) in [5, 5.41) is 0. The summed E-state index contributed by atoms with van der Waals surface area (Å²) in [6, 6.07) is 6.00. The van der Waals surface area contributed by atoms with Crippen LogP contribution < -0.4 is 15.1 Å². The second kappa shape index (κ2) is 12.9. The van der Waals surface area contributed by atoms with Crippen molar-refractivity contribution in [3.8, 4) is 16.9 Å². The van der Waals surface area contributed by atoms with Gasteiger partial charge in [0.25, 0.3) is 0 Å². The molecule has 1 fully saturated rings. The Morgan fingerprint density at radius 1 is 1.14 bits per heavy atom. The average Bonchev–Trinajstić information content (AvgIpc) is 2.86. The summed E-state index contributed by atoms with van der Waals surface area (Å²) in [5.74, 6) is -1.39. The summed E-state index contributed by atoms with van der Waals surface area (Å²) in [5.41, 5.74) is 2.55. The maximum absolute atomic E-state index is 15.3. The monoisotopic (exact) mass is 514 g/mol. The van der Waals surface area contributed by atoms with E-state index in [1.165, 1.54) is 13.2 Å². The van der Waals surface area contributed by atoms with Gasteiger partial charge >= 0.3 is 12.1 Å². The zero-order valence-corrected chi connectivity index (χ0v) is 20.2. The van der Waals surface area contributed by atoms with Gasteiger partial charge in [-0.15, -0.1) is 5.48 Å². The maximum atomic E-state index is 15.3. The van der Waals surface area contributed by atoms with Gasteiger partial charge in [-0.05, 0) is 36.2 Å². The number of hydrogen-bond donors (Lipinski definition) is 1. The van der Waals surface area contributed by atoms with Crippen LogP contribution >= 0.6 is 0 Å². The Morgan fingerprint density at radius 3 is 2.53 bits per heavy atom. The van der Waals surface area contributed by atoms with Crippen molar-refractivity contribution < 1.29 is 41.4 Å². The number of rotatable bonds is 11. The minimum absolute atomic E-state index is 0.0227. The molecular formula is C25H30F4N2O5. The predicted octanol–water partition coefficient (Wildman–Crippen LogP) is 5.15. The van der Waals surface area contributed by atoms with Gasteiger partial charge in [0.2, 0.25) is 0 Å². The minimum atomic E-state index is -4.83. The highest BCUT2D eigenvalue weighted by atomic mass is 19.4. The average molecular weight is 515 g/mol. The molecule has 1 unspecified atom stereocenters. The zero-order chi connectivity index (χ0) is 26.1. The quantitative estimate of drug-likeness (QED) is 0.253. The molecule has 0 saturated carbocycles. The van der Waals surface area contributed by atoms with Crippen molar-refractivity contribution in [2.24, 2.45) is 0 Å². The third-order valence-electron chi connectivity index (χ3n) is 5.64. The van der Waals surface area contributed by atoms with Crippen LogP contribution in [0.3, 0.4) is 0 Å². The second-order valence-corrected chi connectivity index (χ2v) is 8.24. The van der Waals surface area contributed by atoms with E-state index < -0.39 is 29.6 Å². The molecule has 1 saturated heterocycles. The fourth-order valence-electron chi connectivity index (χ4n) is 3.74. The molecule has 198 valence electrons. The Hall–Kier alpha value is -2.89. The number of nitrogens with one attached hydrogen (secondary N) is 1. The molecule has 0 amide bonds. The van der Waals surface area contributed by atoms with Gasteiger partial charge in [0.05, 0.1) is 13.2 Å². The summed E-state index contributed by atoms with van der Waals surface area (Å²) >= 11 is 0. The zero-order valence-electron chi connectivity index (χ0n) is 20.2. The van der Waals surface area contributed by atoms with Crippen molar-refractivity contribution in [1.29, 1.82) is 0 Å². The predicted molar refractivity (Wildman–Crippen MR) is 125 cm³/mol. The number of carbonyl (C=O) groups is 1. The van der Waals surface area contributed by atoms with Crippen molar-refractivity contribution in [2.75, 3.05) is 45.1 Å². The number of nitrogens with zero attached hydrogens (tertiary/aromatic N) is 1. The highest BCUT2D eigenvalue weighted by molar-refractivity contribution is 5.75. The lowest BCUT2D eigenvalue weighted by Crippen LogP contribution is -2.36. The van der Waals surface area contributed by atoms with Crippen molar-refractivity contribution in [3.63, 3.8) is 0 Å². The molecule has 36 heavy (non-hydrogen) atoms. The summed E-state index contributed by atoms with van der Waals surface area (Å²) in [7, 11) is 1.44. The molecule has 0 bridgehead atoms. The molecule has 0 radical (unpaired) electrons. The van der Waals surface area contributed by atoms with E-state index in [0.717, 1.165) is 17.8 Å². The number of alkyl halides is 3. The molecule has 0 aromatic heterocycles. The number of morpholine rings is 1. The molecule has 0 aliphatic carbocycles. The Morgan fingerprint density at radius 2 is 1.89 bits per heavy atom. The van der Waals surface area contributed by atoms with Crippen LogP contribution in [0.2, 0.25) is 0 Å². The first-order valence-electron chi connectivity index (χ1n) is 11.6. The number of ether oxygens (including phenoxy) is 3. The Kier molecular flexibility index (Phi) is 9.91. The summed E-state index contributed by atoms with van der Waals surface area (Å²) in [6.07, 6.45) is -3.68. The molecule has 2 aromatic rings. The lowest BCUT2D eigenvalue weighted by atomic mass is 9.98. The highest BCUT2D eigenvalue weighted by Crippen LogP contribution is 2.38. The number of carbonyl (C=O) groups excluding carboxylic acids is 1. The van der Waals surface area contributed by atoms with Crippen LogP contribution in [0.25, 0.3) is 11.1 Å². The fourth-order valence-corrected chi connectivity index (χ4v) is 3.74. The third kappa shape index (κ3) is 7.31. The number of benzene rings is 2. The minimum Gasteiger partial charge on any atom is -0.467 e. The number of halogens is 4. The topological polar surface area (TPSA) is 69.3 Å². The van der Waals surface area contributed by atoms with Gasteiger partial charge < -0.3 is 23.9 Å². The Bertz CT molecular complexity index is 1010. The van der Waals surface area contributed by atoms with E-state index in [2.05, 4.69) is 9.74 Å². The molecular weight excluding hydrogens is 484 g/mol. The van der Waals surface area contributed by atoms with Gasteiger partial charge in [-0.3, -0.25) is 4.79 Å². The molecule has 1 heterocycles. The number of hydroxylamine groups is 1. The Balaban J connectivity index is 1.91. The first kappa shape index (κ1) is 27.7. The molecule has 0 spiro atoms. The number of hydrogen-bond acceptors (Lipinski definition) is 7. The summed E-state index contributed by atoms with van der Waals surface area (Å²) in [6.45, 7) is 4.15. The van der Waals surface area contributed by atoms with Gasteiger partial charge in [0, 0.05) is 43.4 Å². The van der Waals surface area contributed by atoms with Crippen molar-refractivity contribution >= 4 is 11.7 Å². The van der Waals surface area contributed by atoms with E-state index in [1.807, 2.05) is 13.0 Å². The second-order valence-electron chi connectivity index (χ2n) is 8.24. The lowest BCUT2D eigenvalue weighted by Gasteiger charge is -2.29. The van der Waals surface area contributed by atoms with E-state index >= 15 is 4.39 Å². The van der Waals surface area contributed by atoms with E-state index in [1.54, 1.807) is 17.6 Å².